The van der Waals surface area contributed by atoms with Gasteiger partial charge in [0.25, 0.3) is 5.91 Å². The maximum absolute atomic E-state index is 11.9. The summed E-state index contributed by atoms with van der Waals surface area (Å²) in [6, 6.07) is 12.7. The number of nitrogens with zero attached hydrogens (tertiary/aromatic N) is 1. The van der Waals surface area contributed by atoms with Crippen LogP contribution < -0.4 is 16.6 Å². The van der Waals surface area contributed by atoms with Gasteiger partial charge < -0.3 is 5.32 Å². The second-order valence-electron chi connectivity index (χ2n) is 4.44. The molecule has 21 heavy (non-hydrogen) atoms. The van der Waals surface area contributed by atoms with Crippen molar-refractivity contribution in [3.05, 3.63) is 59.8 Å². The molecule has 4 N–H and O–H groups in total. The van der Waals surface area contributed by atoms with Crippen LogP contribution in [-0.2, 0) is 11.2 Å². The summed E-state index contributed by atoms with van der Waals surface area (Å²) in [5.74, 6) is 4.80. The Morgan fingerprint density at radius 3 is 2.62 bits per heavy atom. The van der Waals surface area contributed by atoms with Crippen LogP contribution in [0.4, 0.5) is 5.82 Å². The van der Waals surface area contributed by atoms with E-state index in [4.69, 9.17) is 5.84 Å². The lowest BCUT2D eigenvalue weighted by Crippen LogP contribution is -2.30. The SMILES string of the molecule is NNC(=O)c1ccnc(NC(=O)CCc2ccccc2)c1. The molecule has 0 radical (unpaired) electrons. The molecular weight excluding hydrogens is 268 g/mol. The number of hydrogen-bond donors (Lipinski definition) is 3. The fourth-order valence-electron chi connectivity index (χ4n) is 1.83. The van der Waals surface area contributed by atoms with Crippen LogP contribution in [-0.4, -0.2) is 16.8 Å². The van der Waals surface area contributed by atoms with E-state index in [1.165, 1.54) is 18.3 Å². The number of aryl methyl sites for hydroxylation is 1. The van der Waals surface area contributed by atoms with Crippen molar-refractivity contribution in [2.24, 2.45) is 5.84 Å². The first-order chi connectivity index (χ1) is 10.2. The largest absolute Gasteiger partial charge is 0.311 e. The molecule has 6 heteroatoms. The summed E-state index contributed by atoms with van der Waals surface area (Å²) in [7, 11) is 0. The molecule has 1 heterocycles. The Balaban J connectivity index is 1.92. The molecule has 2 amide bonds. The number of hydrogen-bond acceptors (Lipinski definition) is 4. The molecule has 0 aliphatic carbocycles. The van der Waals surface area contributed by atoms with Crippen molar-refractivity contribution in [3.8, 4) is 0 Å². The maximum Gasteiger partial charge on any atom is 0.265 e. The highest BCUT2D eigenvalue weighted by molar-refractivity contribution is 5.96. The zero-order chi connectivity index (χ0) is 15.1. The number of pyridine rings is 1. The van der Waals surface area contributed by atoms with Crippen LogP contribution >= 0.6 is 0 Å². The zero-order valence-electron chi connectivity index (χ0n) is 11.4. The van der Waals surface area contributed by atoms with Crippen LogP contribution in [0.3, 0.4) is 0 Å². The summed E-state index contributed by atoms with van der Waals surface area (Å²) in [4.78, 5) is 27.2. The third-order valence-corrected chi connectivity index (χ3v) is 2.90. The van der Waals surface area contributed by atoms with Crippen LogP contribution in [0.15, 0.2) is 48.7 Å². The minimum absolute atomic E-state index is 0.156. The monoisotopic (exact) mass is 284 g/mol. The Bertz CT molecular complexity index is 629. The van der Waals surface area contributed by atoms with E-state index < -0.39 is 5.91 Å². The predicted octanol–water partition coefficient (Wildman–Crippen LogP) is 1.26. The van der Waals surface area contributed by atoms with E-state index in [1.54, 1.807) is 0 Å². The second-order valence-corrected chi connectivity index (χ2v) is 4.44. The molecule has 0 bridgehead atoms. The van der Waals surface area contributed by atoms with Gasteiger partial charge in [-0.25, -0.2) is 10.8 Å². The van der Waals surface area contributed by atoms with E-state index in [0.29, 0.717) is 24.2 Å². The summed E-state index contributed by atoms with van der Waals surface area (Å²) in [6.07, 6.45) is 2.44. The molecule has 0 saturated carbocycles. The van der Waals surface area contributed by atoms with E-state index >= 15 is 0 Å². The van der Waals surface area contributed by atoms with Gasteiger partial charge in [0.1, 0.15) is 5.82 Å². The number of carbonyl (C=O) groups is 2. The van der Waals surface area contributed by atoms with Gasteiger partial charge in [-0.2, -0.15) is 0 Å². The van der Waals surface area contributed by atoms with Crippen LogP contribution in [0.5, 0.6) is 0 Å². The smallest absolute Gasteiger partial charge is 0.265 e. The van der Waals surface area contributed by atoms with Crippen molar-refractivity contribution in [1.82, 2.24) is 10.4 Å². The van der Waals surface area contributed by atoms with Crippen molar-refractivity contribution in [2.75, 3.05) is 5.32 Å². The number of benzene rings is 1. The fourth-order valence-corrected chi connectivity index (χ4v) is 1.83. The summed E-state index contributed by atoms with van der Waals surface area (Å²) in [6.45, 7) is 0. The van der Waals surface area contributed by atoms with Crippen LogP contribution in [0.25, 0.3) is 0 Å². The number of nitrogens with two attached hydrogens (primary N) is 1. The molecule has 0 fully saturated rings. The van der Waals surface area contributed by atoms with Gasteiger partial charge in [0, 0.05) is 18.2 Å². The van der Waals surface area contributed by atoms with Crippen LogP contribution in [0, 0.1) is 0 Å². The number of nitrogens with one attached hydrogen (secondary N) is 2. The van der Waals surface area contributed by atoms with E-state index in [-0.39, 0.29) is 5.91 Å². The number of aromatic nitrogens is 1. The molecule has 0 spiro atoms. The highest BCUT2D eigenvalue weighted by Crippen LogP contribution is 2.08. The predicted molar refractivity (Wildman–Crippen MR) is 79.3 cm³/mol. The normalized spacial score (nSPS) is 9.95. The van der Waals surface area contributed by atoms with Gasteiger partial charge in [-0.15, -0.1) is 0 Å². The highest BCUT2D eigenvalue weighted by atomic mass is 16.2. The minimum Gasteiger partial charge on any atom is -0.311 e. The number of nitrogen functional groups attached to an aromatic ring is 1. The number of rotatable bonds is 5. The van der Waals surface area contributed by atoms with Gasteiger partial charge in [0.05, 0.1) is 0 Å². The molecule has 2 aromatic rings. The average Bonchev–Trinajstić information content (AvgIpc) is 2.53. The lowest BCUT2D eigenvalue weighted by molar-refractivity contribution is -0.116. The Morgan fingerprint density at radius 1 is 1.14 bits per heavy atom. The fraction of sp³-hybridized carbons (Fsp3) is 0.133. The van der Waals surface area contributed by atoms with E-state index in [1.807, 2.05) is 35.8 Å². The highest BCUT2D eigenvalue weighted by Gasteiger charge is 2.07. The standard InChI is InChI=1S/C15H16N4O2/c16-19-15(21)12-8-9-17-13(10-12)18-14(20)7-6-11-4-2-1-3-5-11/h1-5,8-10H,6-7,16H2,(H,19,21)(H,17,18,20). The first-order valence-corrected chi connectivity index (χ1v) is 6.50. The number of carbonyl (C=O) groups excluding carboxylic acids is 2. The number of amides is 2. The van der Waals surface area contributed by atoms with Gasteiger partial charge in [-0.05, 0) is 24.1 Å². The Kier molecular flexibility index (Phi) is 5.00. The van der Waals surface area contributed by atoms with Crippen molar-refractivity contribution in [3.63, 3.8) is 0 Å². The van der Waals surface area contributed by atoms with Crippen molar-refractivity contribution >= 4 is 17.6 Å². The molecule has 1 aromatic carbocycles. The first kappa shape index (κ1) is 14.7. The second kappa shape index (κ2) is 7.16. The molecular formula is C15H16N4O2. The molecule has 1 aromatic heterocycles. The third-order valence-electron chi connectivity index (χ3n) is 2.90. The Labute approximate surface area is 122 Å². The van der Waals surface area contributed by atoms with E-state index in [2.05, 4.69) is 10.3 Å². The van der Waals surface area contributed by atoms with Gasteiger partial charge in [0.2, 0.25) is 5.91 Å². The van der Waals surface area contributed by atoms with E-state index in [9.17, 15) is 9.59 Å². The molecule has 6 nitrogen and oxygen atoms in total. The van der Waals surface area contributed by atoms with Gasteiger partial charge >= 0.3 is 0 Å². The molecule has 2 rings (SSSR count). The Morgan fingerprint density at radius 2 is 1.90 bits per heavy atom. The topological polar surface area (TPSA) is 97.1 Å². The molecule has 0 aliphatic rings. The number of hydrazine groups is 1. The number of anilines is 1. The molecule has 0 saturated heterocycles. The van der Waals surface area contributed by atoms with Crippen LogP contribution in [0.1, 0.15) is 22.3 Å². The van der Waals surface area contributed by atoms with Crippen LogP contribution in [0.2, 0.25) is 0 Å². The summed E-state index contributed by atoms with van der Waals surface area (Å²) in [5, 5.41) is 2.66. The zero-order valence-corrected chi connectivity index (χ0v) is 11.4. The molecule has 0 aliphatic heterocycles. The van der Waals surface area contributed by atoms with Crippen molar-refractivity contribution in [2.45, 2.75) is 12.8 Å². The maximum atomic E-state index is 11.9. The summed E-state index contributed by atoms with van der Waals surface area (Å²) < 4.78 is 0. The quantitative estimate of drug-likeness (QED) is 0.437. The molecule has 0 atom stereocenters. The Hall–Kier alpha value is -2.73. The first-order valence-electron chi connectivity index (χ1n) is 6.50. The van der Waals surface area contributed by atoms with Gasteiger partial charge in [0.15, 0.2) is 0 Å². The average molecular weight is 284 g/mol. The van der Waals surface area contributed by atoms with E-state index in [0.717, 1.165) is 5.56 Å². The third kappa shape index (κ3) is 4.39. The van der Waals surface area contributed by atoms with Crippen molar-refractivity contribution < 1.29 is 9.59 Å². The lowest BCUT2D eigenvalue weighted by atomic mass is 10.1. The summed E-state index contributed by atoms with van der Waals surface area (Å²) >= 11 is 0. The van der Waals surface area contributed by atoms with Crippen molar-refractivity contribution in [1.29, 1.82) is 0 Å². The summed E-state index contributed by atoms with van der Waals surface area (Å²) in [5.41, 5.74) is 3.46. The molecule has 108 valence electrons. The minimum atomic E-state index is -0.433. The molecule has 0 unspecified atom stereocenters. The lowest BCUT2D eigenvalue weighted by Gasteiger charge is -2.06. The van der Waals surface area contributed by atoms with Gasteiger partial charge in [-0.3, -0.25) is 15.0 Å². The van der Waals surface area contributed by atoms with Gasteiger partial charge in [-0.1, -0.05) is 30.3 Å².